The highest BCUT2D eigenvalue weighted by Crippen LogP contribution is 2.56. The van der Waals surface area contributed by atoms with Crippen LogP contribution in [-0.2, 0) is 9.59 Å². The van der Waals surface area contributed by atoms with E-state index in [0.29, 0.717) is 11.4 Å². The molecule has 0 radical (unpaired) electrons. The Morgan fingerprint density at radius 3 is 2.74 bits per heavy atom. The molecule has 0 saturated carbocycles. The number of hydrogen-bond acceptors (Lipinski definition) is 7. The van der Waals surface area contributed by atoms with Crippen LogP contribution in [0.25, 0.3) is 0 Å². The van der Waals surface area contributed by atoms with Gasteiger partial charge in [-0.1, -0.05) is 17.3 Å². The van der Waals surface area contributed by atoms with Gasteiger partial charge in [0.1, 0.15) is 29.3 Å². The zero-order valence-electron chi connectivity index (χ0n) is 14.6. The number of nitrogens with two attached hydrogens (primary N) is 1. The highest BCUT2D eigenvalue weighted by Gasteiger charge is 2.63. The average molecular weight is 391 g/mol. The maximum absolute atomic E-state index is 13.0. The van der Waals surface area contributed by atoms with Gasteiger partial charge in [-0.05, 0) is 31.5 Å². The van der Waals surface area contributed by atoms with Crippen molar-refractivity contribution in [2.24, 2.45) is 5.73 Å². The largest absolute Gasteiger partial charge is 0.340 e. The number of hydrogen-bond donors (Lipinski definition) is 3. The number of benzene rings is 1. The second kappa shape index (κ2) is 6.27. The van der Waals surface area contributed by atoms with E-state index in [-0.39, 0.29) is 22.1 Å². The molecule has 2 aliphatic heterocycles. The van der Waals surface area contributed by atoms with E-state index in [1.807, 2.05) is 13.8 Å². The Balaban J connectivity index is 1.48. The summed E-state index contributed by atoms with van der Waals surface area (Å²) in [6.45, 7) is 3.99. The molecule has 2 aliphatic rings. The van der Waals surface area contributed by atoms with Gasteiger partial charge in [0.25, 0.3) is 0 Å². The van der Waals surface area contributed by atoms with Crippen LogP contribution in [0.15, 0.2) is 24.3 Å². The number of tetrazole rings is 1. The van der Waals surface area contributed by atoms with Crippen molar-refractivity contribution >= 4 is 23.6 Å². The SMILES string of the molecule is CC1(C)S[C@@H]2C(NC(=O)[C@H](N)c3ccc(F)cc3)C(=O)N2C1c1nn[nH]n1. The van der Waals surface area contributed by atoms with E-state index in [1.165, 1.54) is 24.3 Å². The van der Waals surface area contributed by atoms with Crippen molar-refractivity contribution in [2.75, 3.05) is 0 Å². The van der Waals surface area contributed by atoms with Crippen LogP contribution in [0.3, 0.4) is 0 Å². The number of thioether (sulfide) groups is 1. The summed E-state index contributed by atoms with van der Waals surface area (Å²) in [5, 5.41) is 16.5. The van der Waals surface area contributed by atoms with E-state index in [0.717, 1.165) is 0 Å². The summed E-state index contributed by atoms with van der Waals surface area (Å²) in [4.78, 5) is 26.9. The van der Waals surface area contributed by atoms with Crippen LogP contribution in [0.1, 0.15) is 37.3 Å². The summed E-state index contributed by atoms with van der Waals surface area (Å²) in [5.74, 6) is -0.669. The van der Waals surface area contributed by atoms with Gasteiger partial charge in [0.2, 0.25) is 11.8 Å². The first kappa shape index (κ1) is 17.9. The number of fused-ring (bicyclic) bond motifs is 1. The third-order valence-electron chi connectivity index (χ3n) is 4.86. The lowest BCUT2D eigenvalue weighted by Gasteiger charge is -2.44. The van der Waals surface area contributed by atoms with Crippen LogP contribution in [0, 0.1) is 5.82 Å². The van der Waals surface area contributed by atoms with Crippen LogP contribution < -0.4 is 11.1 Å². The Morgan fingerprint density at radius 1 is 1.41 bits per heavy atom. The quantitative estimate of drug-likeness (QED) is 0.637. The molecule has 2 amide bonds. The minimum absolute atomic E-state index is 0.215. The molecule has 142 valence electrons. The molecule has 11 heteroatoms. The predicted molar refractivity (Wildman–Crippen MR) is 94.5 cm³/mol. The molecule has 1 aromatic heterocycles. The molecule has 0 spiro atoms. The Labute approximate surface area is 158 Å². The second-order valence-electron chi connectivity index (χ2n) is 7.05. The molecular weight excluding hydrogens is 373 g/mol. The topological polar surface area (TPSA) is 130 Å². The highest BCUT2D eigenvalue weighted by atomic mass is 32.2. The molecule has 4 rings (SSSR count). The van der Waals surface area contributed by atoms with Crippen LogP contribution >= 0.6 is 11.8 Å². The molecule has 2 saturated heterocycles. The molecular formula is C16H18FN7O2S. The number of nitrogens with zero attached hydrogens (tertiary/aromatic N) is 4. The van der Waals surface area contributed by atoms with Gasteiger partial charge in [-0.3, -0.25) is 9.59 Å². The number of carbonyl (C=O) groups excluding carboxylic acids is 2. The first-order valence-corrected chi connectivity index (χ1v) is 9.22. The van der Waals surface area contributed by atoms with Crippen molar-refractivity contribution in [1.82, 2.24) is 30.8 Å². The molecule has 3 heterocycles. The lowest BCUT2D eigenvalue weighted by atomic mass is 9.95. The fraction of sp³-hybridized carbons (Fsp3) is 0.438. The van der Waals surface area contributed by atoms with Gasteiger partial charge in [-0.2, -0.15) is 5.21 Å². The monoisotopic (exact) mass is 391 g/mol. The van der Waals surface area contributed by atoms with Gasteiger partial charge < -0.3 is 16.0 Å². The first-order valence-electron chi connectivity index (χ1n) is 8.34. The number of aromatic nitrogens is 4. The van der Waals surface area contributed by atoms with Gasteiger partial charge in [0.15, 0.2) is 5.82 Å². The fourth-order valence-corrected chi connectivity index (χ4v) is 5.14. The van der Waals surface area contributed by atoms with Crippen molar-refractivity contribution in [3.63, 3.8) is 0 Å². The smallest absolute Gasteiger partial charge is 0.249 e. The Morgan fingerprint density at radius 2 is 2.11 bits per heavy atom. The number of rotatable bonds is 4. The predicted octanol–water partition coefficient (Wildman–Crippen LogP) is 0.258. The fourth-order valence-electron chi connectivity index (χ4n) is 3.51. The van der Waals surface area contributed by atoms with Gasteiger partial charge in [0.05, 0.1) is 0 Å². The Kier molecular flexibility index (Phi) is 4.15. The molecule has 2 unspecified atom stereocenters. The van der Waals surface area contributed by atoms with Gasteiger partial charge in [0, 0.05) is 4.75 Å². The molecule has 4 atom stereocenters. The third-order valence-corrected chi connectivity index (χ3v) is 6.43. The summed E-state index contributed by atoms with van der Waals surface area (Å²) in [6.07, 6.45) is 0. The van der Waals surface area contributed by atoms with E-state index >= 15 is 0 Å². The van der Waals surface area contributed by atoms with Crippen LogP contribution in [0.4, 0.5) is 4.39 Å². The van der Waals surface area contributed by atoms with Gasteiger partial charge >= 0.3 is 0 Å². The van der Waals surface area contributed by atoms with Crippen molar-refractivity contribution in [3.05, 3.63) is 41.5 Å². The van der Waals surface area contributed by atoms with Crippen molar-refractivity contribution in [1.29, 1.82) is 0 Å². The molecule has 2 aromatic rings. The Bertz CT molecular complexity index is 873. The summed E-state index contributed by atoms with van der Waals surface area (Å²) < 4.78 is 12.7. The molecule has 0 bridgehead atoms. The van der Waals surface area contributed by atoms with Crippen LogP contribution in [0.5, 0.6) is 0 Å². The molecule has 4 N–H and O–H groups in total. The summed E-state index contributed by atoms with van der Waals surface area (Å²) >= 11 is 1.57. The van der Waals surface area contributed by atoms with Crippen LogP contribution in [-0.4, -0.2) is 53.5 Å². The van der Waals surface area contributed by atoms with Gasteiger partial charge in [-0.15, -0.1) is 22.0 Å². The number of β-lactam (4-membered cyclic amide) rings is 1. The summed E-state index contributed by atoms with van der Waals surface area (Å²) in [6, 6.07) is 3.39. The number of nitrogens with one attached hydrogen (secondary N) is 2. The Hall–Kier alpha value is -2.53. The van der Waals surface area contributed by atoms with E-state index in [1.54, 1.807) is 16.7 Å². The molecule has 27 heavy (non-hydrogen) atoms. The zero-order valence-corrected chi connectivity index (χ0v) is 15.4. The maximum Gasteiger partial charge on any atom is 0.249 e. The summed E-state index contributed by atoms with van der Waals surface area (Å²) in [7, 11) is 0. The average Bonchev–Trinajstić information content (AvgIpc) is 3.23. The number of carbonyl (C=O) groups is 2. The van der Waals surface area contributed by atoms with Crippen molar-refractivity contribution in [3.8, 4) is 0 Å². The molecule has 2 fully saturated rings. The molecule has 0 aliphatic carbocycles. The number of amides is 2. The number of halogens is 1. The van der Waals surface area contributed by atoms with Gasteiger partial charge in [-0.25, -0.2) is 4.39 Å². The second-order valence-corrected chi connectivity index (χ2v) is 8.82. The molecule has 1 aromatic carbocycles. The van der Waals surface area contributed by atoms with E-state index in [2.05, 4.69) is 25.9 Å². The lowest BCUT2D eigenvalue weighted by Crippen LogP contribution is -2.68. The molecule has 9 nitrogen and oxygen atoms in total. The van der Waals surface area contributed by atoms with E-state index < -0.39 is 23.8 Å². The number of H-pyrrole nitrogens is 1. The third kappa shape index (κ3) is 2.86. The normalized spacial score (nSPS) is 27.0. The van der Waals surface area contributed by atoms with E-state index in [4.69, 9.17) is 5.73 Å². The standard InChI is InChI=1S/C16H18FN7O2S/c1-16(2)11(12-20-22-23-21-12)24-14(26)10(15(24)27-16)19-13(25)9(18)7-3-5-8(17)6-4-7/h3-6,9-11,15H,18H2,1-2H3,(H,19,25)(H,20,21,22,23)/t9-,10?,11?,15-/m1/s1. The van der Waals surface area contributed by atoms with Crippen molar-refractivity contribution in [2.45, 2.75) is 42.1 Å². The minimum atomic E-state index is -0.986. The summed E-state index contributed by atoms with van der Waals surface area (Å²) in [5.41, 5.74) is 6.43. The number of aromatic amines is 1. The van der Waals surface area contributed by atoms with E-state index in [9.17, 15) is 14.0 Å². The minimum Gasteiger partial charge on any atom is -0.340 e. The first-order chi connectivity index (χ1) is 12.8. The highest BCUT2D eigenvalue weighted by molar-refractivity contribution is 8.01. The lowest BCUT2D eigenvalue weighted by molar-refractivity contribution is -0.152. The maximum atomic E-state index is 13.0. The zero-order chi connectivity index (χ0) is 19.3. The van der Waals surface area contributed by atoms with Crippen LogP contribution in [0.2, 0.25) is 0 Å². The van der Waals surface area contributed by atoms with Crippen molar-refractivity contribution < 1.29 is 14.0 Å².